The van der Waals surface area contributed by atoms with E-state index in [1.54, 1.807) is 0 Å². The summed E-state index contributed by atoms with van der Waals surface area (Å²) in [5.41, 5.74) is 1.50. The third kappa shape index (κ3) is 2.76. The molecule has 0 saturated carbocycles. The van der Waals surface area contributed by atoms with E-state index in [-0.39, 0.29) is 12.4 Å². The first-order chi connectivity index (χ1) is 8.36. The normalized spacial score (nSPS) is 28.3. The second kappa shape index (κ2) is 6.40. The molecule has 0 bridgehead atoms. The minimum atomic E-state index is 0. The zero-order valence-corrected chi connectivity index (χ0v) is 13.0. The van der Waals surface area contributed by atoms with Crippen molar-refractivity contribution in [3.05, 3.63) is 34.3 Å². The zero-order valence-electron chi connectivity index (χ0n) is 10.6. The molecule has 0 unspecified atom stereocenters. The Kier molecular flexibility index (Phi) is 5.11. The molecule has 1 aromatic carbocycles. The highest BCUT2D eigenvalue weighted by atomic mass is 79.9. The number of hydrogen-bond donors (Lipinski definition) is 0. The number of halogens is 2. The molecule has 18 heavy (non-hydrogen) atoms. The summed E-state index contributed by atoms with van der Waals surface area (Å²) in [5, 5.41) is 0. The Morgan fingerprint density at radius 2 is 1.78 bits per heavy atom. The number of piperidine rings is 2. The fourth-order valence-electron chi connectivity index (χ4n) is 3.54. The molecule has 2 aliphatic heterocycles. The van der Waals surface area contributed by atoms with Crippen molar-refractivity contribution in [1.82, 2.24) is 4.90 Å². The van der Waals surface area contributed by atoms with E-state index in [9.17, 15) is 0 Å². The van der Waals surface area contributed by atoms with Crippen molar-refractivity contribution in [2.75, 3.05) is 6.54 Å². The lowest BCUT2D eigenvalue weighted by Crippen LogP contribution is -2.44. The van der Waals surface area contributed by atoms with E-state index in [1.807, 2.05) is 0 Å². The molecule has 1 aromatic rings. The fraction of sp³-hybridized carbons (Fsp3) is 0.600. The molecule has 0 spiro atoms. The first kappa shape index (κ1) is 14.4. The largest absolute Gasteiger partial charge is 0.293 e. The van der Waals surface area contributed by atoms with Crippen LogP contribution in [0.1, 0.15) is 50.1 Å². The van der Waals surface area contributed by atoms with Gasteiger partial charge in [0, 0.05) is 16.6 Å². The molecule has 0 aliphatic carbocycles. The van der Waals surface area contributed by atoms with E-state index < -0.39 is 0 Å². The molecule has 2 heterocycles. The van der Waals surface area contributed by atoms with Gasteiger partial charge in [-0.15, -0.1) is 12.4 Å². The maximum Gasteiger partial charge on any atom is 0.0362 e. The van der Waals surface area contributed by atoms with E-state index in [0.29, 0.717) is 6.04 Å². The number of rotatable bonds is 1. The summed E-state index contributed by atoms with van der Waals surface area (Å²) in [5.74, 6) is 0. The average molecular weight is 331 g/mol. The molecule has 2 saturated heterocycles. The highest BCUT2D eigenvalue weighted by molar-refractivity contribution is 9.10. The van der Waals surface area contributed by atoms with Gasteiger partial charge in [-0.05, 0) is 50.3 Å². The van der Waals surface area contributed by atoms with Crippen LogP contribution in [0.4, 0.5) is 0 Å². The van der Waals surface area contributed by atoms with Crippen molar-refractivity contribution in [2.45, 2.75) is 50.6 Å². The fourth-order valence-corrected chi connectivity index (χ4v) is 4.08. The van der Waals surface area contributed by atoms with Crippen molar-refractivity contribution in [3.8, 4) is 0 Å². The van der Waals surface area contributed by atoms with Crippen LogP contribution in [0.25, 0.3) is 0 Å². The van der Waals surface area contributed by atoms with Gasteiger partial charge in [-0.1, -0.05) is 40.5 Å². The van der Waals surface area contributed by atoms with Crippen LogP contribution in [0.3, 0.4) is 0 Å². The van der Waals surface area contributed by atoms with Crippen LogP contribution in [0.15, 0.2) is 28.7 Å². The predicted molar refractivity (Wildman–Crippen MR) is 82.3 cm³/mol. The minimum absolute atomic E-state index is 0. The Hall–Kier alpha value is -0.0500. The quantitative estimate of drug-likeness (QED) is 0.704. The minimum Gasteiger partial charge on any atom is -0.293 e. The van der Waals surface area contributed by atoms with Gasteiger partial charge in [-0.25, -0.2) is 0 Å². The molecule has 1 nitrogen and oxygen atoms in total. The van der Waals surface area contributed by atoms with Gasteiger partial charge in [0.25, 0.3) is 0 Å². The van der Waals surface area contributed by atoms with Gasteiger partial charge in [0.15, 0.2) is 0 Å². The third-order valence-electron chi connectivity index (χ3n) is 4.35. The number of fused-ring (bicyclic) bond motifs is 1. The molecule has 2 fully saturated rings. The second-order valence-electron chi connectivity index (χ2n) is 5.36. The first-order valence-corrected chi connectivity index (χ1v) is 7.66. The Morgan fingerprint density at radius 1 is 1.00 bits per heavy atom. The highest BCUT2D eigenvalue weighted by Crippen LogP contribution is 2.40. The predicted octanol–water partition coefficient (Wildman–Crippen LogP) is 4.95. The summed E-state index contributed by atoms with van der Waals surface area (Å²) < 4.78 is 1.29. The summed E-state index contributed by atoms with van der Waals surface area (Å²) >= 11 is 3.72. The van der Waals surface area contributed by atoms with Gasteiger partial charge in [0.2, 0.25) is 0 Å². The Balaban J connectivity index is 0.00000120. The van der Waals surface area contributed by atoms with Crippen LogP contribution in [0.2, 0.25) is 0 Å². The van der Waals surface area contributed by atoms with Gasteiger partial charge in [-0.2, -0.15) is 0 Å². The second-order valence-corrected chi connectivity index (χ2v) is 6.21. The van der Waals surface area contributed by atoms with Crippen LogP contribution < -0.4 is 0 Å². The van der Waals surface area contributed by atoms with Crippen LogP contribution >= 0.6 is 28.3 Å². The summed E-state index contributed by atoms with van der Waals surface area (Å²) in [7, 11) is 0. The summed E-state index contributed by atoms with van der Waals surface area (Å²) in [6.45, 7) is 1.30. The van der Waals surface area contributed by atoms with Gasteiger partial charge >= 0.3 is 0 Å². The van der Waals surface area contributed by atoms with Crippen molar-refractivity contribution < 1.29 is 0 Å². The molecule has 3 rings (SSSR count). The van der Waals surface area contributed by atoms with Gasteiger partial charge in [-0.3, -0.25) is 4.90 Å². The van der Waals surface area contributed by atoms with E-state index in [4.69, 9.17) is 0 Å². The van der Waals surface area contributed by atoms with Crippen molar-refractivity contribution in [1.29, 1.82) is 0 Å². The van der Waals surface area contributed by atoms with Crippen LogP contribution in [0, 0.1) is 0 Å². The van der Waals surface area contributed by atoms with E-state index >= 15 is 0 Å². The molecular formula is C15H21BrClN. The lowest BCUT2D eigenvalue weighted by molar-refractivity contribution is 0.0515. The lowest BCUT2D eigenvalue weighted by Gasteiger charge is -2.45. The van der Waals surface area contributed by atoms with Crippen molar-refractivity contribution >= 4 is 28.3 Å². The number of nitrogens with zero attached hydrogens (tertiary/aromatic N) is 1. The number of benzene rings is 1. The summed E-state index contributed by atoms with van der Waals surface area (Å²) in [6, 6.07) is 10.3. The standard InChI is InChI=1S/C15H20BrN.ClH/c16-14-9-2-1-8-13(14)15-10-5-7-12-6-3-4-11-17(12)15;/h1-2,8-9,12,15H,3-7,10-11H2;1H/t12-,15-;/m0./s1. The molecule has 0 N–H and O–H groups in total. The third-order valence-corrected chi connectivity index (χ3v) is 5.07. The molecule has 100 valence electrons. The van der Waals surface area contributed by atoms with Crippen molar-refractivity contribution in [2.24, 2.45) is 0 Å². The zero-order chi connectivity index (χ0) is 11.7. The average Bonchev–Trinajstić information content (AvgIpc) is 2.39. The van der Waals surface area contributed by atoms with Crippen LogP contribution in [-0.2, 0) is 0 Å². The smallest absolute Gasteiger partial charge is 0.0362 e. The van der Waals surface area contributed by atoms with Gasteiger partial charge < -0.3 is 0 Å². The molecular weight excluding hydrogens is 310 g/mol. The molecule has 3 heteroatoms. The Labute approximate surface area is 124 Å². The first-order valence-electron chi connectivity index (χ1n) is 6.86. The van der Waals surface area contributed by atoms with Gasteiger partial charge in [0.1, 0.15) is 0 Å². The lowest BCUT2D eigenvalue weighted by atomic mass is 9.86. The topological polar surface area (TPSA) is 3.24 Å². The molecule has 0 aromatic heterocycles. The van der Waals surface area contributed by atoms with E-state index in [2.05, 4.69) is 45.1 Å². The molecule has 2 aliphatic rings. The van der Waals surface area contributed by atoms with E-state index in [0.717, 1.165) is 6.04 Å². The van der Waals surface area contributed by atoms with Crippen LogP contribution in [0.5, 0.6) is 0 Å². The van der Waals surface area contributed by atoms with Gasteiger partial charge in [0.05, 0.1) is 0 Å². The van der Waals surface area contributed by atoms with E-state index in [1.165, 1.54) is 55.1 Å². The van der Waals surface area contributed by atoms with Crippen LogP contribution in [-0.4, -0.2) is 17.5 Å². The maximum absolute atomic E-state index is 3.72. The Bertz CT molecular complexity index is 394. The maximum atomic E-state index is 3.72. The summed E-state index contributed by atoms with van der Waals surface area (Å²) in [4.78, 5) is 2.77. The molecule has 2 atom stereocenters. The highest BCUT2D eigenvalue weighted by Gasteiger charge is 2.33. The number of hydrogen-bond acceptors (Lipinski definition) is 1. The monoisotopic (exact) mass is 329 g/mol. The SMILES string of the molecule is Brc1ccccc1[C@@H]1CCC[C@@H]2CCCCN21.Cl. The summed E-state index contributed by atoms with van der Waals surface area (Å²) in [6.07, 6.45) is 8.38. The molecule has 0 radical (unpaired) electrons. The molecule has 0 amide bonds. The Morgan fingerprint density at radius 3 is 2.61 bits per heavy atom. The van der Waals surface area contributed by atoms with Crippen molar-refractivity contribution in [3.63, 3.8) is 0 Å².